The Morgan fingerprint density at radius 3 is 2.66 bits per heavy atom. The van der Waals surface area contributed by atoms with E-state index in [1.54, 1.807) is 16.2 Å². The first-order valence-electron chi connectivity index (χ1n) is 11.2. The summed E-state index contributed by atoms with van der Waals surface area (Å²) in [7, 11) is 0. The Morgan fingerprint density at radius 2 is 2.00 bits per heavy atom. The van der Waals surface area contributed by atoms with Crippen LogP contribution in [0.15, 0.2) is 29.6 Å². The summed E-state index contributed by atoms with van der Waals surface area (Å²) in [5.41, 5.74) is 1.71. The third-order valence-corrected chi connectivity index (χ3v) is 7.67. The van der Waals surface area contributed by atoms with Crippen LogP contribution in [-0.2, 0) is 16.0 Å². The van der Waals surface area contributed by atoms with Crippen molar-refractivity contribution in [2.45, 2.75) is 58.5 Å². The molecule has 0 radical (unpaired) electrons. The van der Waals surface area contributed by atoms with Crippen LogP contribution in [0.2, 0.25) is 5.02 Å². The van der Waals surface area contributed by atoms with Crippen LogP contribution in [0.5, 0.6) is 5.75 Å². The van der Waals surface area contributed by atoms with Gasteiger partial charge < -0.3 is 14.5 Å². The molecule has 7 heteroatoms. The molecule has 32 heavy (non-hydrogen) atoms. The van der Waals surface area contributed by atoms with E-state index in [2.05, 4.69) is 11.4 Å². The number of nitrogens with zero attached hydrogens (tertiary/aromatic N) is 2. The molecule has 2 heterocycles. The van der Waals surface area contributed by atoms with E-state index < -0.39 is 5.54 Å². The van der Waals surface area contributed by atoms with Gasteiger partial charge in [-0.2, -0.15) is 0 Å². The van der Waals surface area contributed by atoms with E-state index in [9.17, 15) is 9.59 Å². The predicted molar refractivity (Wildman–Crippen MR) is 128 cm³/mol. The van der Waals surface area contributed by atoms with Crippen LogP contribution in [0.1, 0.15) is 55.7 Å². The van der Waals surface area contributed by atoms with Crippen LogP contribution in [0, 0.1) is 12.8 Å². The number of amides is 2. The number of halogens is 1. The van der Waals surface area contributed by atoms with Gasteiger partial charge in [-0.3, -0.25) is 9.59 Å². The second kappa shape index (κ2) is 9.06. The highest BCUT2D eigenvalue weighted by molar-refractivity contribution is 7.10. The van der Waals surface area contributed by atoms with Crippen LogP contribution in [0.4, 0.5) is 0 Å². The summed E-state index contributed by atoms with van der Waals surface area (Å²) in [5, 5.41) is 2.78. The lowest BCUT2D eigenvalue weighted by Crippen LogP contribution is -2.53. The highest BCUT2D eigenvalue weighted by Gasteiger charge is 2.40. The van der Waals surface area contributed by atoms with E-state index in [0.717, 1.165) is 36.1 Å². The molecule has 1 unspecified atom stereocenters. The summed E-state index contributed by atoms with van der Waals surface area (Å²) >= 11 is 7.87. The summed E-state index contributed by atoms with van der Waals surface area (Å²) in [6.07, 6.45) is 2.69. The van der Waals surface area contributed by atoms with Gasteiger partial charge in [0.05, 0.1) is 6.04 Å². The summed E-state index contributed by atoms with van der Waals surface area (Å²) in [6, 6.07) is 7.52. The molecule has 0 bridgehead atoms. The van der Waals surface area contributed by atoms with Gasteiger partial charge in [0.15, 0.2) is 0 Å². The number of fused-ring (bicyclic) bond motifs is 1. The highest BCUT2D eigenvalue weighted by atomic mass is 35.5. The Morgan fingerprint density at radius 1 is 1.25 bits per heavy atom. The Kier molecular flexibility index (Phi) is 6.55. The Balaban J connectivity index is 1.53. The molecule has 1 saturated carbocycles. The van der Waals surface area contributed by atoms with Crippen LogP contribution in [-0.4, -0.2) is 46.8 Å². The predicted octanol–water partition coefficient (Wildman–Crippen LogP) is 5.25. The lowest BCUT2D eigenvalue weighted by Gasteiger charge is -2.40. The molecule has 1 aliphatic carbocycles. The van der Waals surface area contributed by atoms with Crippen molar-refractivity contribution in [3.05, 3.63) is 50.7 Å². The maximum atomic E-state index is 13.5. The molecule has 1 fully saturated rings. The summed E-state index contributed by atoms with van der Waals surface area (Å²) in [4.78, 5) is 31.4. The van der Waals surface area contributed by atoms with Crippen molar-refractivity contribution >= 4 is 34.8 Å². The van der Waals surface area contributed by atoms with Crippen LogP contribution in [0.25, 0.3) is 0 Å². The van der Waals surface area contributed by atoms with E-state index in [0.29, 0.717) is 18.2 Å². The normalized spacial score (nSPS) is 18.3. The van der Waals surface area contributed by atoms with Gasteiger partial charge in [-0.05, 0) is 87.7 Å². The Hall–Kier alpha value is -2.05. The van der Waals surface area contributed by atoms with E-state index >= 15 is 0 Å². The van der Waals surface area contributed by atoms with Gasteiger partial charge in [-0.1, -0.05) is 11.6 Å². The molecule has 1 aromatic carbocycles. The van der Waals surface area contributed by atoms with Gasteiger partial charge >= 0.3 is 0 Å². The average molecular weight is 475 g/mol. The molecule has 1 aromatic heterocycles. The molecule has 4 rings (SSSR count). The van der Waals surface area contributed by atoms with Crippen molar-refractivity contribution in [2.75, 3.05) is 19.7 Å². The van der Waals surface area contributed by atoms with Gasteiger partial charge in [-0.25, -0.2) is 0 Å². The van der Waals surface area contributed by atoms with Gasteiger partial charge in [0, 0.05) is 27.9 Å². The van der Waals surface area contributed by atoms with Crippen molar-refractivity contribution in [1.82, 2.24) is 9.80 Å². The first-order chi connectivity index (χ1) is 15.1. The fourth-order valence-electron chi connectivity index (χ4n) is 4.18. The minimum atomic E-state index is -0.397. The third-order valence-electron chi connectivity index (χ3n) is 6.25. The van der Waals surface area contributed by atoms with E-state index in [1.807, 2.05) is 50.8 Å². The average Bonchev–Trinajstić information content (AvgIpc) is 3.48. The number of carbonyl (C=O) groups is 2. The van der Waals surface area contributed by atoms with Crippen LogP contribution < -0.4 is 4.74 Å². The molecule has 0 N–H and O–H groups in total. The van der Waals surface area contributed by atoms with E-state index in [1.165, 1.54) is 4.88 Å². The van der Waals surface area contributed by atoms with Crippen molar-refractivity contribution < 1.29 is 14.3 Å². The summed E-state index contributed by atoms with van der Waals surface area (Å²) in [6.45, 7) is 9.04. The number of ether oxygens (including phenoxy) is 1. The molecule has 172 valence electrons. The summed E-state index contributed by atoms with van der Waals surface area (Å²) in [5.74, 6) is 0.899. The lowest BCUT2D eigenvalue weighted by atomic mass is 9.99. The molecule has 0 spiro atoms. The van der Waals surface area contributed by atoms with E-state index in [-0.39, 0.29) is 30.3 Å². The fraction of sp³-hybridized carbons (Fsp3) is 0.520. The maximum Gasteiger partial charge on any atom is 0.242 e. The second-order valence-electron chi connectivity index (χ2n) is 9.74. The van der Waals surface area contributed by atoms with Crippen LogP contribution >= 0.6 is 22.9 Å². The van der Waals surface area contributed by atoms with Crippen molar-refractivity contribution in [3.63, 3.8) is 0 Å². The minimum absolute atomic E-state index is 0.0216. The van der Waals surface area contributed by atoms with E-state index in [4.69, 9.17) is 16.3 Å². The third kappa shape index (κ3) is 4.96. The molecule has 2 aliphatic rings. The van der Waals surface area contributed by atoms with Gasteiger partial charge in [0.1, 0.15) is 18.9 Å². The molecule has 0 saturated heterocycles. The molecule has 1 atom stereocenters. The Bertz CT molecular complexity index is 1010. The number of rotatable bonds is 6. The smallest absolute Gasteiger partial charge is 0.242 e. The zero-order valence-electron chi connectivity index (χ0n) is 19.2. The van der Waals surface area contributed by atoms with Gasteiger partial charge in [0.2, 0.25) is 11.8 Å². The highest BCUT2D eigenvalue weighted by Crippen LogP contribution is 2.36. The molecular formula is C25H31ClN2O3S. The fourth-order valence-corrected chi connectivity index (χ4v) is 5.22. The SMILES string of the molecule is Cc1cc(OCC2c3ccsc3CCN2C(=O)CN(C(=O)C2CC2)C(C)(C)C)ccc1Cl. The monoisotopic (exact) mass is 474 g/mol. The van der Waals surface area contributed by atoms with Gasteiger partial charge in [0.25, 0.3) is 0 Å². The van der Waals surface area contributed by atoms with Crippen LogP contribution in [0.3, 0.4) is 0 Å². The number of hydrogen-bond donors (Lipinski definition) is 0. The molecule has 2 aromatic rings. The number of benzene rings is 1. The van der Waals surface area contributed by atoms with Crippen molar-refractivity contribution in [1.29, 1.82) is 0 Å². The molecular weight excluding hydrogens is 444 g/mol. The lowest BCUT2D eigenvalue weighted by molar-refractivity contribution is -0.147. The van der Waals surface area contributed by atoms with Crippen molar-refractivity contribution in [2.24, 2.45) is 5.92 Å². The first-order valence-corrected chi connectivity index (χ1v) is 12.5. The second-order valence-corrected chi connectivity index (χ2v) is 11.2. The molecule has 5 nitrogen and oxygen atoms in total. The van der Waals surface area contributed by atoms with Crippen molar-refractivity contribution in [3.8, 4) is 5.75 Å². The largest absolute Gasteiger partial charge is 0.491 e. The Labute approximate surface area is 199 Å². The minimum Gasteiger partial charge on any atom is -0.491 e. The topological polar surface area (TPSA) is 49.9 Å². The standard InChI is InChI=1S/C25H31ClN2O3S/c1-16-13-18(7-8-20(16)26)31-15-21-19-10-12-32-22(19)9-11-27(21)23(29)14-28(25(2,3)4)24(30)17-5-6-17/h7-8,10,12-13,17,21H,5-6,9,11,14-15H2,1-4H3. The summed E-state index contributed by atoms with van der Waals surface area (Å²) < 4.78 is 6.13. The number of aryl methyl sites for hydroxylation is 1. The van der Waals surface area contributed by atoms with Gasteiger partial charge in [-0.15, -0.1) is 11.3 Å². The molecule has 1 aliphatic heterocycles. The maximum absolute atomic E-state index is 13.5. The molecule has 2 amide bonds. The number of hydrogen-bond acceptors (Lipinski definition) is 4. The zero-order chi connectivity index (χ0) is 23.0. The quantitative estimate of drug-likeness (QED) is 0.574. The zero-order valence-corrected chi connectivity index (χ0v) is 20.8. The first kappa shape index (κ1) is 23.1. The number of carbonyl (C=O) groups excluding carboxylic acids is 2. The number of thiophene rings is 1.